The molecular formula is C15H20N2O3. The van der Waals surface area contributed by atoms with Gasteiger partial charge in [-0.3, -0.25) is 9.59 Å². The van der Waals surface area contributed by atoms with Crippen molar-refractivity contribution in [1.29, 1.82) is 0 Å². The molecule has 0 unspecified atom stereocenters. The summed E-state index contributed by atoms with van der Waals surface area (Å²) in [6, 6.07) is 6.90. The first-order valence-electron chi connectivity index (χ1n) is 6.93. The third kappa shape index (κ3) is 3.29. The lowest BCUT2D eigenvalue weighted by Crippen LogP contribution is -2.40. The monoisotopic (exact) mass is 276 g/mol. The Morgan fingerprint density at radius 1 is 1.25 bits per heavy atom. The number of ether oxygens (including phenoxy) is 1. The minimum atomic E-state index is -0.146. The van der Waals surface area contributed by atoms with Gasteiger partial charge in [-0.2, -0.15) is 0 Å². The van der Waals surface area contributed by atoms with E-state index in [-0.39, 0.29) is 17.8 Å². The van der Waals surface area contributed by atoms with Crippen LogP contribution < -0.4 is 5.73 Å². The third-order valence-electron chi connectivity index (χ3n) is 3.56. The van der Waals surface area contributed by atoms with Crippen LogP contribution in [0.25, 0.3) is 0 Å². The highest BCUT2D eigenvalue weighted by Gasteiger charge is 2.28. The van der Waals surface area contributed by atoms with Crippen LogP contribution in [0.2, 0.25) is 0 Å². The van der Waals surface area contributed by atoms with Gasteiger partial charge in [-0.05, 0) is 44.0 Å². The molecule has 0 saturated carbocycles. The van der Waals surface area contributed by atoms with E-state index in [0.717, 1.165) is 0 Å². The summed E-state index contributed by atoms with van der Waals surface area (Å²) in [5.74, 6) is -0.232. The van der Waals surface area contributed by atoms with E-state index in [1.54, 1.807) is 36.1 Å². The fourth-order valence-corrected chi connectivity index (χ4v) is 2.39. The first-order chi connectivity index (χ1) is 9.61. The average molecular weight is 276 g/mol. The van der Waals surface area contributed by atoms with Gasteiger partial charge in [0.25, 0.3) is 5.91 Å². The first kappa shape index (κ1) is 14.4. The fraction of sp³-hybridized carbons (Fsp3) is 0.467. The predicted octanol–water partition coefficient (Wildman–Crippen LogP) is 1.68. The number of amides is 1. The number of anilines is 1. The summed E-state index contributed by atoms with van der Waals surface area (Å²) in [5.41, 5.74) is 6.88. The molecule has 1 aromatic carbocycles. The summed E-state index contributed by atoms with van der Waals surface area (Å²) in [6.07, 6.45) is 1.33. The number of nitrogens with two attached hydrogens (primary N) is 1. The predicted molar refractivity (Wildman–Crippen MR) is 76.1 cm³/mol. The molecule has 0 atom stereocenters. The number of nitrogens with zero attached hydrogens (tertiary/aromatic N) is 1. The molecule has 1 aromatic rings. The van der Waals surface area contributed by atoms with Crippen molar-refractivity contribution in [3.8, 4) is 0 Å². The van der Waals surface area contributed by atoms with E-state index in [2.05, 4.69) is 0 Å². The summed E-state index contributed by atoms with van der Waals surface area (Å²) >= 11 is 0. The van der Waals surface area contributed by atoms with Crippen molar-refractivity contribution in [3.63, 3.8) is 0 Å². The Bertz CT molecular complexity index is 476. The number of benzene rings is 1. The van der Waals surface area contributed by atoms with Crippen molar-refractivity contribution in [1.82, 2.24) is 4.90 Å². The summed E-state index contributed by atoms with van der Waals surface area (Å²) in [7, 11) is 0. The molecule has 1 aliphatic rings. The van der Waals surface area contributed by atoms with E-state index in [9.17, 15) is 9.59 Å². The van der Waals surface area contributed by atoms with Crippen molar-refractivity contribution < 1.29 is 14.3 Å². The molecule has 2 N–H and O–H groups in total. The zero-order valence-electron chi connectivity index (χ0n) is 11.7. The Hall–Kier alpha value is -2.04. The highest BCUT2D eigenvalue weighted by molar-refractivity contribution is 5.94. The number of hydrogen-bond acceptors (Lipinski definition) is 4. The fourth-order valence-electron chi connectivity index (χ4n) is 2.39. The molecule has 0 aromatic heterocycles. The molecule has 0 aliphatic carbocycles. The molecule has 0 spiro atoms. The molecule has 1 amide bonds. The Labute approximate surface area is 118 Å². The second-order valence-corrected chi connectivity index (χ2v) is 4.94. The lowest BCUT2D eigenvalue weighted by molar-refractivity contribution is -0.149. The third-order valence-corrected chi connectivity index (χ3v) is 3.56. The molecule has 20 heavy (non-hydrogen) atoms. The Kier molecular flexibility index (Phi) is 4.61. The van der Waals surface area contributed by atoms with E-state index >= 15 is 0 Å². The van der Waals surface area contributed by atoms with Crippen LogP contribution in [0.15, 0.2) is 24.3 Å². The normalized spacial score (nSPS) is 15.9. The maximum atomic E-state index is 12.3. The zero-order valence-corrected chi connectivity index (χ0v) is 11.7. The van der Waals surface area contributed by atoms with Gasteiger partial charge in [0.1, 0.15) is 0 Å². The van der Waals surface area contributed by atoms with Crippen LogP contribution in [-0.2, 0) is 9.53 Å². The lowest BCUT2D eigenvalue weighted by atomic mass is 9.96. The average Bonchev–Trinajstić information content (AvgIpc) is 2.48. The van der Waals surface area contributed by atoms with Gasteiger partial charge in [0, 0.05) is 24.3 Å². The molecular weight excluding hydrogens is 256 g/mol. The zero-order chi connectivity index (χ0) is 14.5. The van der Waals surface area contributed by atoms with Gasteiger partial charge in [0.2, 0.25) is 0 Å². The van der Waals surface area contributed by atoms with Gasteiger partial charge >= 0.3 is 5.97 Å². The van der Waals surface area contributed by atoms with Crippen LogP contribution >= 0.6 is 0 Å². The Morgan fingerprint density at radius 3 is 2.40 bits per heavy atom. The van der Waals surface area contributed by atoms with Crippen molar-refractivity contribution in [2.24, 2.45) is 5.92 Å². The van der Waals surface area contributed by atoms with Crippen LogP contribution in [0.3, 0.4) is 0 Å². The maximum Gasteiger partial charge on any atom is 0.309 e. The number of nitrogen functional groups attached to an aromatic ring is 1. The summed E-state index contributed by atoms with van der Waals surface area (Å²) in [5, 5.41) is 0. The van der Waals surface area contributed by atoms with Crippen LogP contribution in [0.5, 0.6) is 0 Å². The molecule has 1 fully saturated rings. The summed E-state index contributed by atoms with van der Waals surface area (Å²) < 4.78 is 5.02. The number of carbonyl (C=O) groups excluding carboxylic acids is 2. The topological polar surface area (TPSA) is 72.6 Å². The smallest absolute Gasteiger partial charge is 0.309 e. The summed E-state index contributed by atoms with van der Waals surface area (Å²) in [6.45, 7) is 3.39. The minimum absolute atomic E-state index is 0.00712. The maximum absolute atomic E-state index is 12.3. The number of piperidine rings is 1. The molecule has 1 heterocycles. The molecule has 5 heteroatoms. The van der Waals surface area contributed by atoms with Gasteiger partial charge in [0.15, 0.2) is 0 Å². The molecule has 1 aliphatic heterocycles. The van der Waals surface area contributed by atoms with Crippen LogP contribution in [-0.4, -0.2) is 36.5 Å². The minimum Gasteiger partial charge on any atom is -0.466 e. The van der Waals surface area contributed by atoms with E-state index < -0.39 is 0 Å². The van der Waals surface area contributed by atoms with Gasteiger partial charge in [-0.1, -0.05) is 0 Å². The number of rotatable bonds is 3. The van der Waals surface area contributed by atoms with Crippen LogP contribution in [0.1, 0.15) is 30.1 Å². The molecule has 5 nitrogen and oxygen atoms in total. The van der Waals surface area contributed by atoms with Crippen LogP contribution in [0, 0.1) is 5.92 Å². The molecule has 108 valence electrons. The van der Waals surface area contributed by atoms with E-state index in [1.807, 2.05) is 0 Å². The van der Waals surface area contributed by atoms with Crippen molar-refractivity contribution >= 4 is 17.6 Å². The van der Waals surface area contributed by atoms with Gasteiger partial charge < -0.3 is 15.4 Å². The largest absolute Gasteiger partial charge is 0.466 e. The summed E-state index contributed by atoms with van der Waals surface area (Å²) in [4.78, 5) is 25.7. The van der Waals surface area contributed by atoms with E-state index in [4.69, 9.17) is 10.5 Å². The standard InChI is InChI=1S/C15H20N2O3/c1-2-20-15(19)12-7-9-17(10-8-12)14(18)11-3-5-13(16)6-4-11/h3-6,12H,2,7-10,16H2,1H3. The number of hydrogen-bond donors (Lipinski definition) is 1. The van der Waals surface area contributed by atoms with Crippen molar-refractivity contribution in [2.75, 3.05) is 25.4 Å². The SMILES string of the molecule is CCOC(=O)C1CCN(C(=O)c2ccc(N)cc2)CC1. The molecule has 1 saturated heterocycles. The van der Waals surface area contributed by atoms with E-state index in [1.165, 1.54) is 0 Å². The highest BCUT2D eigenvalue weighted by Crippen LogP contribution is 2.20. The number of likely N-dealkylation sites (tertiary alicyclic amines) is 1. The molecule has 2 rings (SSSR count). The first-order valence-corrected chi connectivity index (χ1v) is 6.93. The van der Waals surface area contributed by atoms with Crippen molar-refractivity contribution in [3.05, 3.63) is 29.8 Å². The second kappa shape index (κ2) is 6.41. The number of esters is 1. The van der Waals surface area contributed by atoms with Gasteiger partial charge in [-0.25, -0.2) is 0 Å². The van der Waals surface area contributed by atoms with Gasteiger partial charge in [0.05, 0.1) is 12.5 Å². The number of carbonyl (C=O) groups is 2. The Morgan fingerprint density at radius 2 is 1.85 bits per heavy atom. The molecule has 0 bridgehead atoms. The molecule has 0 radical (unpaired) electrons. The van der Waals surface area contributed by atoms with Crippen molar-refractivity contribution in [2.45, 2.75) is 19.8 Å². The van der Waals surface area contributed by atoms with E-state index in [0.29, 0.717) is 43.8 Å². The highest BCUT2D eigenvalue weighted by atomic mass is 16.5. The lowest BCUT2D eigenvalue weighted by Gasteiger charge is -2.31. The quantitative estimate of drug-likeness (QED) is 0.673. The van der Waals surface area contributed by atoms with Gasteiger partial charge in [-0.15, -0.1) is 0 Å². The Balaban J connectivity index is 1.92. The second-order valence-electron chi connectivity index (χ2n) is 4.94. The van der Waals surface area contributed by atoms with Crippen LogP contribution in [0.4, 0.5) is 5.69 Å².